The van der Waals surface area contributed by atoms with E-state index in [1.165, 1.54) is 0 Å². The lowest BCUT2D eigenvalue weighted by Crippen LogP contribution is -2.28. The summed E-state index contributed by atoms with van der Waals surface area (Å²) in [6, 6.07) is 5.12. The highest BCUT2D eigenvalue weighted by Crippen LogP contribution is 2.23. The number of imidazole rings is 1. The van der Waals surface area contributed by atoms with Crippen LogP contribution in [0.5, 0.6) is 0 Å². The van der Waals surface area contributed by atoms with Crippen LogP contribution in [0.4, 0.5) is 16.4 Å². The van der Waals surface area contributed by atoms with Crippen molar-refractivity contribution in [1.82, 2.24) is 9.55 Å². The van der Waals surface area contributed by atoms with Crippen LogP contribution in [0.3, 0.4) is 0 Å². The Labute approximate surface area is 152 Å². The molecule has 0 amide bonds. The van der Waals surface area contributed by atoms with Gasteiger partial charge in [0.15, 0.2) is 0 Å². The summed E-state index contributed by atoms with van der Waals surface area (Å²) < 4.78 is 6.35. The van der Waals surface area contributed by atoms with Gasteiger partial charge in [0.05, 0.1) is 11.0 Å². The van der Waals surface area contributed by atoms with E-state index in [0.29, 0.717) is 29.2 Å². The molecule has 0 unspecified atom stereocenters. The normalized spacial score (nSPS) is 11.6. The van der Waals surface area contributed by atoms with Crippen molar-refractivity contribution in [2.45, 2.75) is 40.2 Å². The smallest absolute Gasteiger partial charge is 0.418 e. The number of carbonyl (C=O) groups excluding carboxylic acids is 1. The molecule has 8 heteroatoms. The molecule has 0 aliphatic rings. The Kier molecular flexibility index (Phi) is 5.74. The van der Waals surface area contributed by atoms with E-state index in [0.717, 1.165) is 4.57 Å². The number of anilines is 2. The summed E-state index contributed by atoms with van der Waals surface area (Å²) in [7, 11) is 0. The van der Waals surface area contributed by atoms with Crippen LogP contribution in [-0.2, 0) is 9.53 Å². The topological polar surface area (TPSA) is 105 Å². The Bertz CT molecular complexity index is 805. The zero-order chi connectivity index (χ0) is 19.5. The first-order valence-corrected chi connectivity index (χ1v) is 8.52. The molecule has 0 radical (unpaired) electrons. The molecule has 8 nitrogen and oxygen atoms in total. The molecular weight excluding hydrogens is 336 g/mol. The van der Waals surface area contributed by atoms with Crippen molar-refractivity contribution in [3.63, 3.8) is 0 Å². The standard InChI is InChI=1S/C18H26N4O4/c1-11(2)9-20-16-21-13-7-6-12(8-14(13)22(16)17(24)25)19-10-15(23)26-18(3,4)5/h6-8,11,19H,9-10H2,1-5H3,(H,20,21)(H,24,25). The quantitative estimate of drug-likeness (QED) is 0.676. The maximum absolute atomic E-state index is 11.8. The summed E-state index contributed by atoms with van der Waals surface area (Å²) in [5.74, 6) is 0.247. The third-order valence-corrected chi connectivity index (χ3v) is 3.37. The van der Waals surface area contributed by atoms with Gasteiger partial charge in [-0.05, 0) is 44.9 Å². The molecule has 1 aromatic carbocycles. The number of benzene rings is 1. The van der Waals surface area contributed by atoms with E-state index in [-0.39, 0.29) is 18.5 Å². The van der Waals surface area contributed by atoms with Crippen LogP contribution in [0.2, 0.25) is 0 Å². The highest BCUT2D eigenvalue weighted by atomic mass is 16.6. The predicted octanol–water partition coefficient (Wildman–Crippen LogP) is 3.38. The molecule has 0 aliphatic carbocycles. The lowest BCUT2D eigenvalue weighted by atomic mass is 10.2. The highest BCUT2D eigenvalue weighted by molar-refractivity contribution is 5.92. The Morgan fingerprint density at radius 3 is 2.54 bits per heavy atom. The van der Waals surface area contributed by atoms with E-state index in [2.05, 4.69) is 15.6 Å². The van der Waals surface area contributed by atoms with Gasteiger partial charge in [0, 0.05) is 12.2 Å². The zero-order valence-electron chi connectivity index (χ0n) is 15.8. The molecule has 0 spiro atoms. The van der Waals surface area contributed by atoms with E-state index in [4.69, 9.17) is 4.74 Å². The number of carbonyl (C=O) groups is 2. The summed E-state index contributed by atoms with van der Waals surface area (Å²) in [5.41, 5.74) is 1.06. The lowest BCUT2D eigenvalue weighted by Gasteiger charge is -2.19. The minimum atomic E-state index is -1.12. The maximum Gasteiger partial charge on any atom is 0.418 e. The van der Waals surface area contributed by atoms with E-state index >= 15 is 0 Å². The van der Waals surface area contributed by atoms with Crippen molar-refractivity contribution in [3.05, 3.63) is 18.2 Å². The Morgan fingerprint density at radius 1 is 1.27 bits per heavy atom. The van der Waals surface area contributed by atoms with Crippen LogP contribution >= 0.6 is 0 Å². The van der Waals surface area contributed by atoms with Crippen molar-refractivity contribution < 1.29 is 19.4 Å². The number of hydrogen-bond acceptors (Lipinski definition) is 6. The van der Waals surface area contributed by atoms with Crippen molar-refractivity contribution in [2.24, 2.45) is 5.92 Å². The lowest BCUT2D eigenvalue weighted by molar-refractivity contribution is -0.152. The molecule has 0 atom stereocenters. The highest BCUT2D eigenvalue weighted by Gasteiger charge is 2.18. The van der Waals surface area contributed by atoms with Crippen molar-refractivity contribution in [2.75, 3.05) is 23.7 Å². The van der Waals surface area contributed by atoms with Gasteiger partial charge in [-0.2, -0.15) is 0 Å². The fourth-order valence-electron chi connectivity index (χ4n) is 2.34. The number of fused-ring (bicyclic) bond motifs is 1. The third-order valence-electron chi connectivity index (χ3n) is 3.37. The summed E-state index contributed by atoms with van der Waals surface area (Å²) in [4.78, 5) is 27.8. The van der Waals surface area contributed by atoms with E-state index in [1.807, 2.05) is 13.8 Å². The number of nitrogens with one attached hydrogen (secondary N) is 2. The number of aromatic nitrogens is 2. The first-order chi connectivity index (χ1) is 12.1. The van der Waals surface area contributed by atoms with E-state index in [1.54, 1.807) is 39.0 Å². The van der Waals surface area contributed by atoms with Crippen LogP contribution in [0.25, 0.3) is 11.0 Å². The van der Waals surface area contributed by atoms with Gasteiger partial charge in [0.1, 0.15) is 12.1 Å². The molecule has 1 heterocycles. The molecule has 142 valence electrons. The largest absolute Gasteiger partial charge is 0.464 e. The molecule has 0 bridgehead atoms. The molecule has 26 heavy (non-hydrogen) atoms. The minimum Gasteiger partial charge on any atom is -0.464 e. The number of hydrogen-bond donors (Lipinski definition) is 3. The molecular formula is C18H26N4O4. The van der Waals surface area contributed by atoms with Crippen LogP contribution in [0.1, 0.15) is 34.6 Å². The molecule has 2 rings (SSSR count). The fourth-order valence-corrected chi connectivity index (χ4v) is 2.34. The second kappa shape index (κ2) is 7.63. The van der Waals surface area contributed by atoms with Crippen LogP contribution in [0, 0.1) is 5.92 Å². The molecule has 0 fully saturated rings. The third kappa shape index (κ3) is 5.11. The Balaban J connectivity index is 2.22. The van der Waals surface area contributed by atoms with Crippen molar-refractivity contribution in [3.8, 4) is 0 Å². The first-order valence-electron chi connectivity index (χ1n) is 8.52. The first kappa shape index (κ1) is 19.6. The van der Waals surface area contributed by atoms with Crippen LogP contribution in [-0.4, -0.2) is 45.4 Å². The van der Waals surface area contributed by atoms with Crippen molar-refractivity contribution in [1.29, 1.82) is 0 Å². The second-order valence-electron chi connectivity index (χ2n) is 7.47. The molecule has 1 aromatic heterocycles. The molecule has 3 N–H and O–H groups in total. The van der Waals surface area contributed by atoms with Gasteiger partial charge in [-0.15, -0.1) is 0 Å². The summed E-state index contributed by atoms with van der Waals surface area (Å²) in [5, 5.41) is 15.6. The van der Waals surface area contributed by atoms with Crippen LogP contribution < -0.4 is 10.6 Å². The number of carboxylic acid groups (broad SMARTS) is 1. The maximum atomic E-state index is 11.8. The van der Waals surface area contributed by atoms with Gasteiger partial charge in [-0.1, -0.05) is 13.8 Å². The Hall–Kier alpha value is -2.77. The van der Waals surface area contributed by atoms with E-state index < -0.39 is 11.7 Å². The minimum absolute atomic E-state index is 0.0115. The fraction of sp³-hybridized carbons (Fsp3) is 0.500. The molecule has 0 saturated heterocycles. The average molecular weight is 362 g/mol. The van der Waals surface area contributed by atoms with Crippen LogP contribution in [0.15, 0.2) is 18.2 Å². The summed E-state index contributed by atoms with van der Waals surface area (Å²) in [6.07, 6.45) is -1.12. The van der Waals surface area contributed by atoms with Gasteiger partial charge in [-0.25, -0.2) is 14.3 Å². The van der Waals surface area contributed by atoms with Gasteiger partial charge in [0.2, 0.25) is 5.95 Å². The summed E-state index contributed by atoms with van der Waals surface area (Å²) in [6.45, 7) is 10.1. The average Bonchev–Trinajstić information content (AvgIpc) is 2.87. The molecule has 0 saturated carbocycles. The van der Waals surface area contributed by atoms with Gasteiger partial charge in [0.25, 0.3) is 0 Å². The SMILES string of the molecule is CC(C)CNc1nc2ccc(NCC(=O)OC(C)(C)C)cc2n1C(=O)O. The van der Waals surface area contributed by atoms with Gasteiger partial charge < -0.3 is 20.5 Å². The van der Waals surface area contributed by atoms with E-state index in [9.17, 15) is 14.7 Å². The zero-order valence-corrected chi connectivity index (χ0v) is 15.8. The summed E-state index contributed by atoms with van der Waals surface area (Å²) >= 11 is 0. The van der Waals surface area contributed by atoms with Gasteiger partial charge in [-0.3, -0.25) is 4.79 Å². The predicted molar refractivity (Wildman–Crippen MR) is 101 cm³/mol. The number of ether oxygens (including phenoxy) is 1. The van der Waals surface area contributed by atoms with Gasteiger partial charge >= 0.3 is 12.1 Å². The number of rotatable bonds is 6. The second-order valence-corrected chi connectivity index (χ2v) is 7.47. The molecule has 2 aromatic rings. The monoisotopic (exact) mass is 362 g/mol. The van der Waals surface area contributed by atoms with Crippen molar-refractivity contribution >= 4 is 34.7 Å². The molecule has 0 aliphatic heterocycles. The number of esters is 1. The Morgan fingerprint density at radius 2 is 1.96 bits per heavy atom. The number of nitrogens with zero attached hydrogens (tertiary/aromatic N) is 2.